The van der Waals surface area contributed by atoms with Crippen LogP contribution in [0.4, 0.5) is 0 Å². The van der Waals surface area contributed by atoms with Crippen molar-refractivity contribution in [2.45, 2.75) is 6.54 Å². The number of nitrogens with zero attached hydrogens (tertiary/aromatic N) is 5. The second-order valence-electron chi connectivity index (χ2n) is 5.79. The second-order valence-corrected chi connectivity index (χ2v) is 6.94. The van der Waals surface area contributed by atoms with E-state index in [9.17, 15) is 4.79 Å². The molecule has 4 rings (SSSR count). The Hall–Kier alpha value is -1.96. The Kier molecular flexibility index (Phi) is 4.22. The van der Waals surface area contributed by atoms with Gasteiger partial charge in [-0.2, -0.15) is 0 Å². The summed E-state index contributed by atoms with van der Waals surface area (Å²) in [5.41, 5.74) is 4.15. The van der Waals surface area contributed by atoms with Crippen LogP contribution in [0.25, 0.3) is 5.65 Å². The number of fused-ring (bicyclic) bond motifs is 1. The highest BCUT2D eigenvalue weighted by Gasteiger charge is 2.23. The number of piperazine rings is 1. The van der Waals surface area contributed by atoms with Gasteiger partial charge in [0.2, 0.25) is 0 Å². The highest BCUT2D eigenvalue weighted by molar-refractivity contribution is 7.07. The van der Waals surface area contributed by atoms with Gasteiger partial charge in [-0.3, -0.25) is 9.69 Å². The second kappa shape index (κ2) is 6.51. The Morgan fingerprint density at radius 2 is 2.04 bits per heavy atom. The fourth-order valence-corrected chi connectivity index (χ4v) is 3.61. The number of rotatable bonds is 3. The number of imidazole rings is 1. The molecule has 0 atom stereocenters. The Bertz CT molecular complexity index is 855. The van der Waals surface area contributed by atoms with E-state index in [0.29, 0.717) is 10.7 Å². The molecule has 0 aliphatic carbocycles. The first-order valence-corrected chi connectivity index (χ1v) is 9.04. The van der Waals surface area contributed by atoms with Gasteiger partial charge in [0.25, 0.3) is 5.91 Å². The van der Waals surface area contributed by atoms with E-state index in [-0.39, 0.29) is 5.91 Å². The Balaban J connectivity index is 1.38. The summed E-state index contributed by atoms with van der Waals surface area (Å²) in [5, 5.41) is 2.50. The summed E-state index contributed by atoms with van der Waals surface area (Å²) in [7, 11) is 0. The molecule has 1 aliphatic heterocycles. The van der Waals surface area contributed by atoms with Gasteiger partial charge in [-0.25, -0.2) is 9.97 Å². The smallest absolute Gasteiger partial charge is 0.273 e. The number of halogens is 1. The van der Waals surface area contributed by atoms with Gasteiger partial charge in [0.05, 0.1) is 16.2 Å². The molecule has 1 fully saturated rings. The lowest BCUT2D eigenvalue weighted by atomic mass is 10.2. The molecule has 3 aromatic rings. The van der Waals surface area contributed by atoms with Gasteiger partial charge >= 0.3 is 0 Å². The van der Waals surface area contributed by atoms with Crippen LogP contribution in [0.15, 0.2) is 35.4 Å². The van der Waals surface area contributed by atoms with Crippen LogP contribution in [-0.4, -0.2) is 56.3 Å². The van der Waals surface area contributed by atoms with E-state index in [1.54, 1.807) is 10.9 Å². The molecule has 24 heavy (non-hydrogen) atoms. The molecule has 0 saturated carbocycles. The van der Waals surface area contributed by atoms with Crippen molar-refractivity contribution in [2.24, 2.45) is 0 Å². The zero-order chi connectivity index (χ0) is 16.5. The third kappa shape index (κ3) is 3.15. The van der Waals surface area contributed by atoms with E-state index >= 15 is 0 Å². The van der Waals surface area contributed by atoms with E-state index in [1.807, 2.05) is 33.8 Å². The number of aromatic nitrogens is 3. The molecule has 0 N–H and O–H groups in total. The van der Waals surface area contributed by atoms with Crippen LogP contribution in [0.5, 0.6) is 0 Å². The average molecular weight is 362 g/mol. The lowest BCUT2D eigenvalue weighted by molar-refractivity contribution is 0.0622. The Labute approximate surface area is 148 Å². The predicted octanol–water partition coefficient (Wildman–Crippen LogP) is 2.40. The quantitative estimate of drug-likeness (QED) is 0.719. The summed E-state index contributed by atoms with van der Waals surface area (Å²) in [4.78, 5) is 25.2. The van der Waals surface area contributed by atoms with Crippen molar-refractivity contribution in [3.63, 3.8) is 0 Å². The molecule has 1 aliphatic rings. The van der Waals surface area contributed by atoms with E-state index in [4.69, 9.17) is 11.6 Å². The number of carbonyl (C=O) groups excluding carboxylic acids is 1. The van der Waals surface area contributed by atoms with Crippen molar-refractivity contribution in [3.8, 4) is 0 Å². The maximum Gasteiger partial charge on any atom is 0.273 e. The molecular weight excluding hydrogens is 346 g/mol. The molecule has 1 saturated heterocycles. The molecule has 8 heteroatoms. The van der Waals surface area contributed by atoms with Crippen molar-refractivity contribution < 1.29 is 4.79 Å². The van der Waals surface area contributed by atoms with Gasteiger partial charge in [-0.15, -0.1) is 11.3 Å². The predicted molar refractivity (Wildman–Crippen MR) is 93.5 cm³/mol. The van der Waals surface area contributed by atoms with Gasteiger partial charge in [-0.1, -0.05) is 11.6 Å². The van der Waals surface area contributed by atoms with Crippen molar-refractivity contribution in [2.75, 3.05) is 26.2 Å². The highest BCUT2D eigenvalue weighted by atomic mass is 35.5. The molecule has 6 nitrogen and oxygen atoms in total. The standard InChI is InChI=1S/C16H16ClN5OS/c17-12-1-2-15-19-13(9-22(15)7-12)8-20-3-5-21(6-4-20)16(23)14-10-24-11-18-14/h1-2,7,9-11H,3-6,8H2. The molecule has 0 bridgehead atoms. The van der Waals surface area contributed by atoms with E-state index in [1.165, 1.54) is 11.3 Å². The van der Waals surface area contributed by atoms with Gasteiger partial charge < -0.3 is 9.30 Å². The first-order valence-electron chi connectivity index (χ1n) is 7.72. The normalized spacial score (nSPS) is 16.0. The lowest BCUT2D eigenvalue weighted by Gasteiger charge is -2.34. The summed E-state index contributed by atoms with van der Waals surface area (Å²) in [6, 6.07) is 3.76. The summed E-state index contributed by atoms with van der Waals surface area (Å²) in [6.45, 7) is 3.89. The van der Waals surface area contributed by atoms with Crippen LogP contribution in [0.2, 0.25) is 5.02 Å². The van der Waals surface area contributed by atoms with Crippen LogP contribution in [-0.2, 0) is 6.54 Å². The highest BCUT2D eigenvalue weighted by Crippen LogP contribution is 2.14. The van der Waals surface area contributed by atoms with Gasteiger partial charge in [0.1, 0.15) is 11.3 Å². The van der Waals surface area contributed by atoms with Crippen LogP contribution < -0.4 is 0 Å². The molecule has 0 aromatic carbocycles. The van der Waals surface area contributed by atoms with E-state index in [2.05, 4.69) is 14.9 Å². The summed E-state index contributed by atoms with van der Waals surface area (Å²) in [5.74, 6) is 0.0262. The number of carbonyl (C=O) groups is 1. The minimum absolute atomic E-state index is 0.0262. The largest absolute Gasteiger partial charge is 0.335 e. The average Bonchev–Trinajstić information content (AvgIpc) is 3.23. The third-order valence-electron chi connectivity index (χ3n) is 4.16. The molecule has 1 amide bonds. The first kappa shape index (κ1) is 15.6. The SMILES string of the molecule is O=C(c1cscn1)N1CCN(Cc2cn3cc(Cl)ccc3n2)CC1. The molecular formula is C16H16ClN5OS. The van der Waals surface area contributed by atoms with Crippen LogP contribution >= 0.6 is 22.9 Å². The molecule has 4 heterocycles. The zero-order valence-electron chi connectivity index (χ0n) is 12.9. The molecule has 0 spiro atoms. The Morgan fingerprint density at radius 1 is 1.21 bits per heavy atom. The van der Waals surface area contributed by atoms with Crippen molar-refractivity contribution in [3.05, 3.63) is 51.8 Å². The number of hydrogen-bond donors (Lipinski definition) is 0. The first-order chi connectivity index (χ1) is 11.7. The van der Waals surface area contributed by atoms with Crippen LogP contribution in [0.3, 0.4) is 0 Å². The minimum atomic E-state index is 0.0262. The maximum absolute atomic E-state index is 12.3. The molecule has 124 valence electrons. The molecule has 0 unspecified atom stereocenters. The lowest BCUT2D eigenvalue weighted by Crippen LogP contribution is -2.48. The molecule has 0 radical (unpaired) electrons. The van der Waals surface area contributed by atoms with E-state index in [0.717, 1.165) is 44.1 Å². The fourth-order valence-electron chi connectivity index (χ4n) is 2.91. The zero-order valence-corrected chi connectivity index (χ0v) is 14.5. The number of pyridine rings is 1. The summed E-state index contributed by atoms with van der Waals surface area (Å²) in [6.07, 6.45) is 3.87. The van der Waals surface area contributed by atoms with Gasteiger partial charge in [-0.05, 0) is 12.1 Å². The topological polar surface area (TPSA) is 53.7 Å². The third-order valence-corrected chi connectivity index (χ3v) is 4.97. The van der Waals surface area contributed by atoms with Gasteiger partial charge in [0, 0.05) is 50.5 Å². The van der Waals surface area contributed by atoms with Crippen LogP contribution in [0, 0.1) is 0 Å². The number of amides is 1. The summed E-state index contributed by atoms with van der Waals surface area (Å²) >= 11 is 7.46. The Morgan fingerprint density at radius 3 is 2.79 bits per heavy atom. The number of hydrogen-bond acceptors (Lipinski definition) is 5. The number of thiazole rings is 1. The molecule has 3 aromatic heterocycles. The van der Waals surface area contributed by atoms with Crippen molar-refractivity contribution in [1.29, 1.82) is 0 Å². The maximum atomic E-state index is 12.3. The van der Waals surface area contributed by atoms with Gasteiger partial charge in [0.15, 0.2) is 0 Å². The fraction of sp³-hybridized carbons (Fsp3) is 0.312. The van der Waals surface area contributed by atoms with E-state index < -0.39 is 0 Å². The van der Waals surface area contributed by atoms with Crippen molar-refractivity contribution in [1.82, 2.24) is 24.2 Å². The minimum Gasteiger partial charge on any atom is -0.335 e. The van der Waals surface area contributed by atoms with Crippen LogP contribution in [0.1, 0.15) is 16.2 Å². The monoisotopic (exact) mass is 361 g/mol. The summed E-state index contributed by atoms with van der Waals surface area (Å²) < 4.78 is 1.94. The van der Waals surface area contributed by atoms with Crippen molar-refractivity contribution >= 4 is 34.5 Å².